The molecule has 1 aliphatic heterocycles. The van der Waals surface area contributed by atoms with E-state index in [1.165, 1.54) is 0 Å². The van der Waals surface area contributed by atoms with Crippen LogP contribution in [0, 0.1) is 17.2 Å². The summed E-state index contributed by atoms with van der Waals surface area (Å²) in [6.45, 7) is 1.21. The molecular formula is C17H17N5O. The van der Waals surface area contributed by atoms with Crippen LogP contribution in [0.1, 0.15) is 23.2 Å². The number of aromatic nitrogens is 2. The molecule has 2 N–H and O–H groups in total. The lowest BCUT2D eigenvalue weighted by molar-refractivity contribution is 0.0699. The number of piperidine rings is 1. The zero-order valence-corrected chi connectivity index (χ0v) is 12.6. The predicted molar refractivity (Wildman–Crippen MR) is 86.1 cm³/mol. The predicted octanol–water partition coefficient (Wildman–Crippen LogP) is 2.10. The van der Waals surface area contributed by atoms with Gasteiger partial charge in [0.2, 0.25) is 5.95 Å². The van der Waals surface area contributed by atoms with E-state index in [9.17, 15) is 4.79 Å². The molecule has 1 aliphatic rings. The molecule has 23 heavy (non-hydrogen) atoms. The topological polar surface area (TPSA) is 95.9 Å². The molecule has 1 amide bonds. The number of hydrogen-bond acceptors (Lipinski definition) is 5. The number of nitriles is 1. The van der Waals surface area contributed by atoms with Crippen LogP contribution in [0.25, 0.3) is 11.1 Å². The molecule has 6 heteroatoms. The van der Waals surface area contributed by atoms with Crippen molar-refractivity contribution in [2.45, 2.75) is 12.8 Å². The number of amides is 1. The minimum Gasteiger partial charge on any atom is -0.368 e. The van der Waals surface area contributed by atoms with E-state index in [1.54, 1.807) is 23.4 Å². The van der Waals surface area contributed by atoms with Gasteiger partial charge in [0.15, 0.2) is 0 Å². The Labute approximate surface area is 134 Å². The molecule has 116 valence electrons. The Morgan fingerprint density at radius 2 is 2.09 bits per heavy atom. The zero-order valence-electron chi connectivity index (χ0n) is 12.6. The summed E-state index contributed by atoms with van der Waals surface area (Å²) in [7, 11) is 0. The third-order valence-electron chi connectivity index (χ3n) is 4.01. The van der Waals surface area contributed by atoms with Crippen molar-refractivity contribution in [1.82, 2.24) is 14.9 Å². The van der Waals surface area contributed by atoms with Crippen LogP contribution in [0.15, 0.2) is 36.7 Å². The Kier molecular flexibility index (Phi) is 4.20. The van der Waals surface area contributed by atoms with E-state index in [4.69, 9.17) is 11.0 Å². The summed E-state index contributed by atoms with van der Waals surface area (Å²) in [5, 5.41) is 9.06. The minimum atomic E-state index is -0.0682. The maximum Gasteiger partial charge on any atom is 0.253 e. The second-order valence-electron chi connectivity index (χ2n) is 5.63. The van der Waals surface area contributed by atoms with E-state index >= 15 is 0 Å². The van der Waals surface area contributed by atoms with Crippen molar-refractivity contribution in [2.75, 3.05) is 18.8 Å². The molecule has 0 aliphatic carbocycles. The zero-order chi connectivity index (χ0) is 16.2. The highest BCUT2D eigenvalue weighted by atomic mass is 16.2. The first kappa shape index (κ1) is 15.0. The molecule has 0 spiro atoms. The number of nitrogens with zero attached hydrogens (tertiary/aromatic N) is 4. The molecule has 3 rings (SSSR count). The highest BCUT2D eigenvalue weighted by Gasteiger charge is 2.24. The lowest BCUT2D eigenvalue weighted by Gasteiger charge is -2.29. The van der Waals surface area contributed by atoms with Crippen LogP contribution in [-0.4, -0.2) is 33.9 Å². The quantitative estimate of drug-likeness (QED) is 0.916. The molecule has 1 aromatic heterocycles. The fourth-order valence-corrected chi connectivity index (χ4v) is 2.77. The fraction of sp³-hybridized carbons (Fsp3) is 0.294. The van der Waals surface area contributed by atoms with Gasteiger partial charge in [-0.25, -0.2) is 9.97 Å². The first-order valence-electron chi connectivity index (χ1n) is 7.54. The normalized spacial score (nSPS) is 17.5. The number of benzene rings is 1. The van der Waals surface area contributed by atoms with Gasteiger partial charge in [0.25, 0.3) is 5.91 Å². The van der Waals surface area contributed by atoms with Gasteiger partial charge in [0, 0.05) is 36.6 Å². The van der Waals surface area contributed by atoms with Crippen LogP contribution in [-0.2, 0) is 0 Å². The van der Waals surface area contributed by atoms with Gasteiger partial charge in [0.05, 0.1) is 12.0 Å². The lowest BCUT2D eigenvalue weighted by atomic mass is 9.98. The van der Waals surface area contributed by atoms with Gasteiger partial charge < -0.3 is 10.6 Å². The van der Waals surface area contributed by atoms with E-state index in [2.05, 4.69) is 16.0 Å². The number of nitrogens with two attached hydrogens (primary N) is 1. The largest absolute Gasteiger partial charge is 0.368 e. The second-order valence-corrected chi connectivity index (χ2v) is 5.63. The molecule has 0 saturated carbocycles. The summed E-state index contributed by atoms with van der Waals surface area (Å²) in [6.07, 6.45) is 5.01. The summed E-state index contributed by atoms with van der Waals surface area (Å²) in [6, 6.07) is 9.62. The smallest absolute Gasteiger partial charge is 0.253 e. The van der Waals surface area contributed by atoms with E-state index in [0.717, 1.165) is 24.0 Å². The van der Waals surface area contributed by atoms with Crippen LogP contribution in [0.5, 0.6) is 0 Å². The Hall–Kier alpha value is -2.94. The van der Waals surface area contributed by atoms with Gasteiger partial charge in [-0.3, -0.25) is 4.79 Å². The molecule has 1 atom stereocenters. The highest BCUT2D eigenvalue weighted by Crippen LogP contribution is 2.22. The van der Waals surface area contributed by atoms with E-state index in [0.29, 0.717) is 18.7 Å². The minimum absolute atomic E-state index is 0.0387. The summed E-state index contributed by atoms with van der Waals surface area (Å²) in [5.41, 5.74) is 7.78. The SMILES string of the molecule is N#C[C@H]1CCCN(C(=O)c2cccc(-c3cnc(N)nc3)c2)C1. The van der Waals surface area contributed by atoms with Crippen molar-refractivity contribution >= 4 is 11.9 Å². The number of likely N-dealkylation sites (tertiary alicyclic amines) is 1. The van der Waals surface area contributed by atoms with Crippen LogP contribution >= 0.6 is 0 Å². The third kappa shape index (κ3) is 3.29. The van der Waals surface area contributed by atoms with Crippen molar-refractivity contribution in [3.63, 3.8) is 0 Å². The van der Waals surface area contributed by atoms with E-state index < -0.39 is 0 Å². The average molecular weight is 307 g/mol. The maximum absolute atomic E-state index is 12.7. The Balaban J connectivity index is 1.83. The van der Waals surface area contributed by atoms with E-state index in [1.807, 2.05) is 18.2 Å². The van der Waals surface area contributed by atoms with Crippen LogP contribution in [0.3, 0.4) is 0 Å². The first-order valence-corrected chi connectivity index (χ1v) is 7.54. The molecule has 0 radical (unpaired) electrons. The Bertz CT molecular complexity index is 750. The van der Waals surface area contributed by atoms with Crippen LogP contribution < -0.4 is 5.73 Å². The molecule has 0 bridgehead atoms. The number of carbonyl (C=O) groups excluding carboxylic acids is 1. The Morgan fingerprint density at radius 1 is 1.30 bits per heavy atom. The summed E-state index contributed by atoms with van der Waals surface area (Å²) < 4.78 is 0. The lowest BCUT2D eigenvalue weighted by Crippen LogP contribution is -2.39. The van der Waals surface area contributed by atoms with Crippen molar-refractivity contribution in [1.29, 1.82) is 5.26 Å². The second kappa shape index (κ2) is 6.44. The number of carbonyl (C=O) groups is 1. The maximum atomic E-state index is 12.7. The first-order chi connectivity index (χ1) is 11.2. The van der Waals surface area contributed by atoms with E-state index in [-0.39, 0.29) is 17.8 Å². The molecule has 1 fully saturated rings. The number of nitrogen functional groups attached to an aromatic ring is 1. The average Bonchev–Trinajstić information content (AvgIpc) is 2.62. The standard InChI is InChI=1S/C17H17N5O/c18-8-12-3-2-6-22(11-12)16(23)14-5-1-4-13(7-14)15-9-20-17(19)21-10-15/h1,4-5,7,9-10,12H,2-3,6,11H2,(H2,19,20,21)/t12-/m1/s1. The van der Waals surface area contributed by atoms with Crippen LogP contribution in [0.4, 0.5) is 5.95 Å². The molecule has 0 unspecified atom stereocenters. The van der Waals surface area contributed by atoms with Crippen LogP contribution in [0.2, 0.25) is 0 Å². The monoisotopic (exact) mass is 307 g/mol. The van der Waals surface area contributed by atoms with Gasteiger partial charge >= 0.3 is 0 Å². The molecule has 2 heterocycles. The van der Waals surface area contributed by atoms with Crippen molar-refractivity contribution < 1.29 is 4.79 Å². The molecule has 1 saturated heterocycles. The van der Waals surface area contributed by atoms with Gasteiger partial charge in [0.1, 0.15) is 0 Å². The number of rotatable bonds is 2. The summed E-state index contributed by atoms with van der Waals surface area (Å²) in [4.78, 5) is 22.4. The summed E-state index contributed by atoms with van der Waals surface area (Å²) >= 11 is 0. The third-order valence-corrected chi connectivity index (χ3v) is 4.01. The van der Waals surface area contributed by atoms with Crippen molar-refractivity contribution in [2.24, 2.45) is 5.92 Å². The Morgan fingerprint density at radius 3 is 2.83 bits per heavy atom. The molecule has 2 aromatic rings. The molecular weight excluding hydrogens is 290 g/mol. The van der Waals surface area contributed by atoms with Gasteiger partial charge in [-0.15, -0.1) is 0 Å². The van der Waals surface area contributed by atoms with Gasteiger partial charge in [-0.05, 0) is 30.5 Å². The highest BCUT2D eigenvalue weighted by molar-refractivity contribution is 5.95. The molecule has 1 aromatic carbocycles. The number of anilines is 1. The number of hydrogen-bond donors (Lipinski definition) is 1. The molecule has 6 nitrogen and oxygen atoms in total. The van der Waals surface area contributed by atoms with Crippen molar-refractivity contribution in [3.8, 4) is 17.2 Å². The van der Waals surface area contributed by atoms with Crippen molar-refractivity contribution in [3.05, 3.63) is 42.2 Å². The fourth-order valence-electron chi connectivity index (χ4n) is 2.77. The van der Waals surface area contributed by atoms with Gasteiger partial charge in [-0.2, -0.15) is 5.26 Å². The summed E-state index contributed by atoms with van der Waals surface area (Å²) in [5.74, 6) is 0.112. The van der Waals surface area contributed by atoms with Gasteiger partial charge in [-0.1, -0.05) is 12.1 Å².